The lowest BCUT2D eigenvalue weighted by atomic mass is 9.82. The van der Waals surface area contributed by atoms with Crippen LogP contribution in [0.3, 0.4) is 0 Å². The summed E-state index contributed by atoms with van der Waals surface area (Å²) >= 11 is 0. The SMILES string of the molecule is CC(C)(C)[C@H](NCc1nnc(C2CC2)o1)c1ccc(F)cc1F. The van der Waals surface area contributed by atoms with Crippen LogP contribution in [0, 0.1) is 17.0 Å². The molecule has 6 heteroatoms. The molecule has 0 spiro atoms. The number of nitrogens with one attached hydrogen (secondary N) is 1. The number of rotatable bonds is 5. The lowest BCUT2D eigenvalue weighted by molar-refractivity contribution is 0.255. The molecule has 0 aliphatic heterocycles. The molecule has 1 N–H and O–H groups in total. The molecule has 3 rings (SSSR count). The predicted molar refractivity (Wildman–Crippen MR) is 81.7 cm³/mol. The van der Waals surface area contributed by atoms with Crippen LogP contribution in [0.25, 0.3) is 0 Å². The van der Waals surface area contributed by atoms with Crippen LogP contribution in [0.15, 0.2) is 22.6 Å². The number of halogens is 2. The molecule has 1 fully saturated rings. The van der Waals surface area contributed by atoms with Crippen molar-refractivity contribution in [2.24, 2.45) is 5.41 Å². The second kappa shape index (κ2) is 6.00. The highest BCUT2D eigenvalue weighted by molar-refractivity contribution is 5.24. The fourth-order valence-electron chi connectivity index (χ4n) is 2.64. The zero-order chi connectivity index (χ0) is 16.6. The van der Waals surface area contributed by atoms with Crippen molar-refractivity contribution in [3.8, 4) is 0 Å². The number of hydrogen-bond donors (Lipinski definition) is 1. The summed E-state index contributed by atoms with van der Waals surface area (Å²) in [5.41, 5.74) is 0.165. The van der Waals surface area contributed by atoms with Gasteiger partial charge in [-0.05, 0) is 24.3 Å². The molecule has 0 unspecified atom stereocenters. The minimum atomic E-state index is -0.579. The van der Waals surface area contributed by atoms with E-state index >= 15 is 0 Å². The molecule has 0 saturated heterocycles. The lowest BCUT2D eigenvalue weighted by Gasteiger charge is -2.32. The van der Waals surface area contributed by atoms with Crippen molar-refractivity contribution < 1.29 is 13.2 Å². The van der Waals surface area contributed by atoms with Crippen LogP contribution in [0.1, 0.15) is 62.9 Å². The fraction of sp³-hybridized carbons (Fsp3) is 0.529. The summed E-state index contributed by atoms with van der Waals surface area (Å²) in [5.74, 6) is 0.446. The quantitative estimate of drug-likeness (QED) is 0.900. The van der Waals surface area contributed by atoms with E-state index in [-0.39, 0.29) is 11.5 Å². The fourth-order valence-corrected chi connectivity index (χ4v) is 2.64. The van der Waals surface area contributed by atoms with Gasteiger partial charge in [-0.15, -0.1) is 10.2 Å². The maximum atomic E-state index is 14.1. The van der Waals surface area contributed by atoms with Crippen LogP contribution >= 0.6 is 0 Å². The number of nitrogens with zero attached hydrogens (tertiary/aromatic N) is 2. The molecule has 1 heterocycles. The predicted octanol–water partition coefficient (Wildman–Crippen LogP) is 4.10. The Morgan fingerprint density at radius 1 is 1.26 bits per heavy atom. The van der Waals surface area contributed by atoms with Gasteiger partial charge in [0.05, 0.1) is 6.54 Å². The Bertz CT molecular complexity index is 689. The van der Waals surface area contributed by atoms with Crippen molar-refractivity contribution in [3.63, 3.8) is 0 Å². The van der Waals surface area contributed by atoms with E-state index < -0.39 is 11.6 Å². The molecule has 1 aromatic heterocycles. The van der Waals surface area contributed by atoms with Gasteiger partial charge in [0.2, 0.25) is 11.8 Å². The van der Waals surface area contributed by atoms with Crippen molar-refractivity contribution in [3.05, 3.63) is 47.2 Å². The van der Waals surface area contributed by atoms with Crippen molar-refractivity contribution in [1.29, 1.82) is 0 Å². The van der Waals surface area contributed by atoms with Crippen LogP contribution in [0.4, 0.5) is 8.78 Å². The minimum absolute atomic E-state index is 0.266. The van der Waals surface area contributed by atoms with Gasteiger partial charge in [-0.3, -0.25) is 0 Å². The van der Waals surface area contributed by atoms with Crippen LogP contribution in [-0.2, 0) is 6.54 Å². The minimum Gasteiger partial charge on any atom is -0.424 e. The Kier molecular flexibility index (Phi) is 4.19. The summed E-state index contributed by atoms with van der Waals surface area (Å²) in [6.07, 6.45) is 2.20. The first-order chi connectivity index (χ1) is 10.8. The molecule has 0 bridgehead atoms. The third kappa shape index (κ3) is 3.75. The first kappa shape index (κ1) is 16.1. The average molecular weight is 321 g/mol. The summed E-state index contributed by atoms with van der Waals surface area (Å²) < 4.78 is 32.9. The average Bonchev–Trinajstić information content (AvgIpc) is 3.19. The lowest BCUT2D eigenvalue weighted by Crippen LogP contribution is -2.32. The molecule has 0 amide bonds. The van der Waals surface area contributed by atoms with E-state index in [0.29, 0.717) is 29.8 Å². The molecular formula is C17H21F2N3O. The second-order valence-electron chi connectivity index (χ2n) is 7.15. The topological polar surface area (TPSA) is 51.0 Å². The molecule has 0 radical (unpaired) electrons. The molecule has 1 saturated carbocycles. The van der Waals surface area contributed by atoms with Crippen molar-refractivity contribution in [2.45, 2.75) is 52.1 Å². The first-order valence-electron chi connectivity index (χ1n) is 7.85. The molecule has 1 aromatic carbocycles. The third-order valence-electron chi connectivity index (χ3n) is 4.01. The van der Waals surface area contributed by atoms with E-state index in [2.05, 4.69) is 15.5 Å². The number of aromatic nitrogens is 2. The zero-order valence-electron chi connectivity index (χ0n) is 13.6. The van der Waals surface area contributed by atoms with Gasteiger partial charge in [-0.1, -0.05) is 26.8 Å². The standard InChI is InChI=1S/C17H21F2N3O/c1-17(2,3)15(12-7-6-11(18)8-13(12)19)20-9-14-21-22-16(23-14)10-4-5-10/h6-8,10,15,20H,4-5,9H2,1-3H3/t15-/m1/s1. The van der Waals surface area contributed by atoms with E-state index in [1.165, 1.54) is 12.1 Å². The molecule has 4 nitrogen and oxygen atoms in total. The van der Waals surface area contributed by atoms with Gasteiger partial charge in [-0.2, -0.15) is 0 Å². The summed E-state index contributed by atoms with van der Waals surface area (Å²) in [5, 5.41) is 11.3. The maximum absolute atomic E-state index is 14.1. The van der Waals surface area contributed by atoms with Gasteiger partial charge in [0, 0.05) is 23.6 Å². The zero-order valence-corrected chi connectivity index (χ0v) is 13.6. The molecule has 124 valence electrons. The maximum Gasteiger partial charge on any atom is 0.230 e. The van der Waals surface area contributed by atoms with E-state index in [1.54, 1.807) is 0 Å². The Morgan fingerprint density at radius 3 is 2.61 bits per heavy atom. The Labute approximate surface area is 134 Å². The van der Waals surface area contributed by atoms with Crippen molar-refractivity contribution in [1.82, 2.24) is 15.5 Å². The van der Waals surface area contributed by atoms with E-state index in [1.807, 2.05) is 20.8 Å². The molecule has 1 aliphatic rings. The van der Waals surface area contributed by atoms with Crippen molar-refractivity contribution in [2.75, 3.05) is 0 Å². The highest BCUT2D eigenvalue weighted by atomic mass is 19.1. The molecule has 23 heavy (non-hydrogen) atoms. The summed E-state index contributed by atoms with van der Waals surface area (Å²) in [6.45, 7) is 6.34. The monoisotopic (exact) mass is 321 g/mol. The van der Waals surface area contributed by atoms with Crippen LogP contribution in [0.2, 0.25) is 0 Å². The van der Waals surface area contributed by atoms with Gasteiger partial charge in [0.25, 0.3) is 0 Å². The Balaban J connectivity index is 1.76. The summed E-state index contributed by atoms with van der Waals surface area (Å²) in [6, 6.07) is 3.36. The van der Waals surface area contributed by atoms with Crippen molar-refractivity contribution >= 4 is 0 Å². The van der Waals surface area contributed by atoms with Gasteiger partial charge < -0.3 is 9.73 Å². The first-order valence-corrected chi connectivity index (χ1v) is 7.85. The largest absolute Gasteiger partial charge is 0.424 e. The van der Waals surface area contributed by atoms with E-state index in [4.69, 9.17) is 4.42 Å². The Morgan fingerprint density at radius 2 is 2.00 bits per heavy atom. The van der Waals surface area contributed by atoms with E-state index in [9.17, 15) is 8.78 Å². The van der Waals surface area contributed by atoms with Gasteiger partial charge in [-0.25, -0.2) is 8.78 Å². The molecule has 1 atom stereocenters. The molecular weight excluding hydrogens is 300 g/mol. The summed E-state index contributed by atoms with van der Waals surface area (Å²) in [7, 11) is 0. The number of hydrogen-bond acceptors (Lipinski definition) is 4. The van der Waals surface area contributed by atoms with Gasteiger partial charge >= 0.3 is 0 Å². The highest BCUT2D eigenvalue weighted by Gasteiger charge is 2.31. The third-order valence-corrected chi connectivity index (χ3v) is 4.01. The van der Waals surface area contributed by atoms with Gasteiger partial charge in [0.1, 0.15) is 11.6 Å². The van der Waals surface area contributed by atoms with Gasteiger partial charge in [0.15, 0.2) is 0 Å². The second-order valence-corrected chi connectivity index (χ2v) is 7.15. The van der Waals surface area contributed by atoms with Crippen LogP contribution in [0.5, 0.6) is 0 Å². The van der Waals surface area contributed by atoms with E-state index in [0.717, 1.165) is 18.9 Å². The molecule has 2 aromatic rings. The highest BCUT2D eigenvalue weighted by Crippen LogP contribution is 2.39. The molecule has 1 aliphatic carbocycles. The Hall–Kier alpha value is -1.82. The van der Waals surface area contributed by atoms with Crippen LogP contribution in [-0.4, -0.2) is 10.2 Å². The van der Waals surface area contributed by atoms with Crippen LogP contribution < -0.4 is 5.32 Å². The smallest absolute Gasteiger partial charge is 0.230 e. The summed E-state index contributed by atoms with van der Waals surface area (Å²) in [4.78, 5) is 0. The number of benzene rings is 1. The normalized spacial score (nSPS) is 16.6.